The average molecular weight is 317 g/mol. The molecule has 122 valence electrons. The SMILES string of the molecule is CNCc1nc(C(=O)NC(C)C(=O)OCc2ccccc2)co1. The van der Waals surface area contributed by atoms with Gasteiger partial charge in [-0.25, -0.2) is 9.78 Å². The molecule has 0 bridgehead atoms. The standard InChI is InChI=1S/C16H19N3O4/c1-11(16(21)23-9-12-6-4-3-5-7-12)18-15(20)13-10-22-14(19-13)8-17-2/h3-7,10-11,17H,8-9H2,1-2H3,(H,18,20). The van der Waals surface area contributed by atoms with Crippen LogP contribution >= 0.6 is 0 Å². The van der Waals surface area contributed by atoms with Crippen molar-refractivity contribution in [3.8, 4) is 0 Å². The summed E-state index contributed by atoms with van der Waals surface area (Å²) in [6, 6.07) is 8.54. The smallest absolute Gasteiger partial charge is 0.328 e. The van der Waals surface area contributed by atoms with Gasteiger partial charge in [0.1, 0.15) is 18.9 Å². The van der Waals surface area contributed by atoms with Gasteiger partial charge in [0.05, 0.1) is 6.54 Å². The van der Waals surface area contributed by atoms with Gasteiger partial charge in [-0.15, -0.1) is 0 Å². The Morgan fingerprint density at radius 1 is 1.30 bits per heavy atom. The van der Waals surface area contributed by atoms with E-state index >= 15 is 0 Å². The Labute approximate surface area is 134 Å². The van der Waals surface area contributed by atoms with E-state index in [1.54, 1.807) is 14.0 Å². The number of carbonyl (C=O) groups excluding carboxylic acids is 2. The van der Waals surface area contributed by atoms with Crippen molar-refractivity contribution in [1.82, 2.24) is 15.6 Å². The molecule has 1 aromatic heterocycles. The number of amides is 1. The van der Waals surface area contributed by atoms with E-state index in [-0.39, 0.29) is 12.3 Å². The van der Waals surface area contributed by atoms with Crippen LogP contribution in [0.25, 0.3) is 0 Å². The Morgan fingerprint density at radius 3 is 2.74 bits per heavy atom. The molecular weight excluding hydrogens is 298 g/mol. The molecule has 1 unspecified atom stereocenters. The van der Waals surface area contributed by atoms with Gasteiger partial charge in [-0.2, -0.15) is 0 Å². The molecule has 0 spiro atoms. The number of benzene rings is 1. The van der Waals surface area contributed by atoms with Crippen molar-refractivity contribution in [3.05, 3.63) is 53.7 Å². The number of hydrogen-bond acceptors (Lipinski definition) is 6. The van der Waals surface area contributed by atoms with Crippen LogP contribution in [0.4, 0.5) is 0 Å². The largest absolute Gasteiger partial charge is 0.459 e. The van der Waals surface area contributed by atoms with E-state index in [1.165, 1.54) is 6.26 Å². The quantitative estimate of drug-likeness (QED) is 0.747. The van der Waals surface area contributed by atoms with Crippen LogP contribution in [0.3, 0.4) is 0 Å². The topological polar surface area (TPSA) is 93.5 Å². The molecule has 2 rings (SSSR count). The third-order valence-electron chi connectivity index (χ3n) is 3.04. The highest BCUT2D eigenvalue weighted by atomic mass is 16.5. The van der Waals surface area contributed by atoms with Gasteiger partial charge in [-0.1, -0.05) is 30.3 Å². The predicted octanol–water partition coefficient (Wildman–Crippen LogP) is 1.26. The number of rotatable bonds is 7. The van der Waals surface area contributed by atoms with E-state index in [4.69, 9.17) is 9.15 Å². The van der Waals surface area contributed by atoms with Crippen LogP contribution in [0.5, 0.6) is 0 Å². The molecule has 1 amide bonds. The summed E-state index contributed by atoms with van der Waals surface area (Å²) in [6.45, 7) is 2.14. The molecule has 1 atom stereocenters. The van der Waals surface area contributed by atoms with Crippen LogP contribution in [0.15, 0.2) is 41.0 Å². The van der Waals surface area contributed by atoms with E-state index < -0.39 is 17.9 Å². The summed E-state index contributed by atoms with van der Waals surface area (Å²) >= 11 is 0. The molecule has 0 aliphatic rings. The second-order valence-electron chi connectivity index (χ2n) is 4.95. The van der Waals surface area contributed by atoms with Crippen LogP contribution in [-0.4, -0.2) is 29.9 Å². The first-order valence-electron chi connectivity index (χ1n) is 7.20. The Balaban J connectivity index is 1.83. The Hall–Kier alpha value is -2.67. The first-order chi connectivity index (χ1) is 11.1. The number of esters is 1. The zero-order chi connectivity index (χ0) is 16.7. The molecule has 7 heteroatoms. The normalized spacial score (nSPS) is 11.7. The fourth-order valence-corrected chi connectivity index (χ4v) is 1.83. The Kier molecular flexibility index (Phi) is 5.87. The molecule has 2 N–H and O–H groups in total. The van der Waals surface area contributed by atoms with Crippen molar-refractivity contribution in [2.45, 2.75) is 26.1 Å². The summed E-state index contributed by atoms with van der Waals surface area (Å²) in [4.78, 5) is 27.9. The molecule has 0 aliphatic heterocycles. The number of ether oxygens (including phenoxy) is 1. The summed E-state index contributed by atoms with van der Waals surface area (Å²) in [5.41, 5.74) is 1.01. The number of hydrogen-bond donors (Lipinski definition) is 2. The van der Waals surface area contributed by atoms with Gasteiger partial charge in [0, 0.05) is 0 Å². The summed E-state index contributed by atoms with van der Waals surface area (Å²) in [5, 5.41) is 5.40. The second-order valence-corrected chi connectivity index (χ2v) is 4.95. The van der Waals surface area contributed by atoms with Gasteiger partial charge < -0.3 is 19.8 Å². The van der Waals surface area contributed by atoms with Crippen molar-refractivity contribution in [1.29, 1.82) is 0 Å². The first kappa shape index (κ1) is 16.7. The van der Waals surface area contributed by atoms with Crippen molar-refractivity contribution in [2.24, 2.45) is 0 Å². The molecule has 1 heterocycles. The minimum absolute atomic E-state index is 0.123. The number of nitrogens with one attached hydrogen (secondary N) is 2. The number of nitrogens with zero attached hydrogens (tertiary/aromatic N) is 1. The molecule has 7 nitrogen and oxygen atoms in total. The summed E-state index contributed by atoms with van der Waals surface area (Å²) in [7, 11) is 1.74. The van der Waals surface area contributed by atoms with E-state index in [0.29, 0.717) is 12.4 Å². The van der Waals surface area contributed by atoms with Gasteiger partial charge in [-0.05, 0) is 19.5 Å². The lowest BCUT2D eigenvalue weighted by Gasteiger charge is -2.12. The van der Waals surface area contributed by atoms with Crippen LogP contribution in [-0.2, 0) is 22.7 Å². The van der Waals surface area contributed by atoms with E-state index in [9.17, 15) is 9.59 Å². The number of aromatic nitrogens is 1. The fourth-order valence-electron chi connectivity index (χ4n) is 1.83. The van der Waals surface area contributed by atoms with Crippen molar-refractivity contribution < 1.29 is 18.7 Å². The van der Waals surface area contributed by atoms with Gasteiger partial charge in [0.15, 0.2) is 5.69 Å². The van der Waals surface area contributed by atoms with Crippen molar-refractivity contribution in [2.75, 3.05) is 7.05 Å². The predicted molar refractivity (Wildman–Crippen MR) is 82.4 cm³/mol. The molecule has 0 saturated heterocycles. The Morgan fingerprint density at radius 2 is 2.04 bits per heavy atom. The van der Waals surface area contributed by atoms with E-state index in [0.717, 1.165) is 5.56 Å². The third kappa shape index (κ3) is 4.93. The molecule has 23 heavy (non-hydrogen) atoms. The summed E-state index contributed by atoms with van der Waals surface area (Å²) < 4.78 is 10.3. The average Bonchev–Trinajstić information content (AvgIpc) is 3.02. The summed E-state index contributed by atoms with van der Waals surface area (Å²) in [6.07, 6.45) is 1.25. The molecular formula is C16H19N3O4. The van der Waals surface area contributed by atoms with Gasteiger partial charge in [0.2, 0.25) is 5.89 Å². The summed E-state index contributed by atoms with van der Waals surface area (Å²) in [5.74, 6) is -0.599. The lowest BCUT2D eigenvalue weighted by Crippen LogP contribution is -2.39. The maximum atomic E-state index is 12.0. The zero-order valence-electron chi connectivity index (χ0n) is 13.0. The molecule has 0 aliphatic carbocycles. The highest BCUT2D eigenvalue weighted by molar-refractivity contribution is 5.94. The molecule has 2 aromatic rings. The van der Waals surface area contributed by atoms with Gasteiger partial charge in [0.25, 0.3) is 5.91 Å². The molecule has 0 radical (unpaired) electrons. The third-order valence-corrected chi connectivity index (χ3v) is 3.04. The molecule has 0 fully saturated rings. The van der Waals surface area contributed by atoms with Crippen molar-refractivity contribution >= 4 is 11.9 Å². The van der Waals surface area contributed by atoms with E-state index in [1.807, 2.05) is 30.3 Å². The van der Waals surface area contributed by atoms with Crippen molar-refractivity contribution in [3.63, 3.8) is 0 Å². The van der Waals surface area contributed by atoms with Crippen LogP contribution < -0.4 is 10.6 Å². The number of carbonyl (C=O) groups is 2. The van der Waals surface area contributed by atoms with Crippen LogP contribution in [0, 0.1) is 0 Å². The Bertz CT molecular complexity index is 654. The maximum absolute atomic E-state index is 12.0. The monoisotopic (exact) mass is 317 g/mol. The minimum Gasteiger partial charge on any atom is -0.459 e. The molecule has 1 aromatic carbocycles. The van der Waals surface area contributed by atoms with Crippen LogP contribution in [0.1, 0.15) is 28.9 Å². The zero-order valence-corrected chi connectivity index (χ0v) is 13.0. The highest BCUT2D eigenvalue weighted by Gasteiger charge is 2.20. The lowest BCUT2D eigenvalue weighted by molar-refractivity contribution is -0.146. The lowest BCUT2D eigenvalue weighted by atomic mass is 10.2. The van der Waals surface area contributed by atoms with Gasteiger partial charge >= 0.3 is 5.97 Å². The number of oxazole rings is 1. The maximum Gasteiger partial charge on any atom is 0.328 e. The second kappa shape index (κ2) is 8.09. The first-order valence-corrected chi connectivity index (χ1v) is 7.20. The molecule has 0 saturated carbocycles. The highest BCUT2D eigenvalue weighted by Crippen LogP contribution is 2.04. The minimum atomic E-state index is -0.782. The fraction of sp³-hybridized carbons (Fsp3) is 0.312. The van der Waals surface area contributed by atoms with E-state index in [2.05, 4.69) is 15.6 Å². The van der Waals surface area contributed by atoms with Crippen LogP contribution in [0.2, 0.25) is 0 Å². The van der Waals surface area contributed by atoms with Gasteiger partial charge in [-0.3, -0.25) is 4.79 Å².